The highest BCUT2D eigenvalue weighted by atomic mass is 16.2. The number of carbonyl (C=O) groups is 2. The van der Waals surface area contributed by atoms with E-state index in [4.69, 9.17) is 0 Å². The van der Waals surface area contributed by atoms with Crippen LogP contribution in [0.1, 0.15) is 31.0 Å². The highest BCUT2D eigenvalue weighted by Gasteiger charge is 2.25. The molecule has 0 aromatic heterocycles. The molecule has 3 amide bonds. The number of nitrogens with zero attached hydrogens (tertiary/aromatic N) is 1. The van der Waals surface area contributed by atoms with Crippen molar-refractivity contribution in [2.45, 2.75) is 26.4 Å². The maximum atomic E-state index is 12.8. The number of amides is 3. The Kier molecular flexibility index (Phi) is 7.01. The van der Waals surface area contributed by atoms with Gasteiger partial charge >= 0.3 is 6.03 Å². The number of hydrogen-bond donors (Lipinski definition) is 2. The summed E-state index contributed by atoms with van der Waals surface area (Å²) >= 11 is 0. The van der Waals surface area contributed by atoms with Crippen molar-refractivity contribution in [2.75, 3.05) is 13.1 Å². The molecule has 0 radical (unpaired) electrons. The van der Waals surface area contributed by atoms with E-state index in [1.807, 2.05) is 74.5 Å². The van der Waals surface area contributed by atoms with Gasteiger partial charge in [0.2, 0.25) is 5.91 Å². The topological polar surface area (TPSA) is 61.4 Å². The molecular weight excluding hydrogens is 314 g/mol. The molecule has 0 aliphatic carbocycles. The molecule has 2 aromatic rings. The minimum Gasteiger partial charge on any atom is -0.341 e. The van der Waals surface area contributed by atoms with Crippen LogP contribution in [0.3, 0.4) is 0 Å². The second kappa shape index (κ2) is 9.47. The van der Waals surface area contributed by atoms with Crippen LogP contribution in [0, 0.1) is 0 Å². The van der Waals surface area contributed by atoms with E-state index in [2.05, 4.69) is 10.6 Å². The van der Waals surface area contributed by atoms with Gasteiger partial charge in [0.15, 0.2) is 0 Å². The van der Waals surface area contributed by atoms with Crippen molar-refractivity contribution in [3.63, 3.8) is 0 Å². The molecule has 132 valence electrons. The van der Waals surface area contributed by atoms with Crippen LogP contribution in [0.5, 0.6) is 0 Å². The molecule has 0 saturated heterocycles. The molecule has 1 atom stereocenters. The first-order valence-corrected chi connectivity index (χ1v) is 8.57. The maximum Gasteiger partial charge on any atom is 0.315 e. The van der Waals surface area contributed by atoms with E-state index in [1.54, 1.807) is 4.90 Å². The minimum atomic E-state index is -0.697. The smallest absolute Gasteiger partial charge is 0.315 e. The molecule has 0 heterocycles. The predicted molar refractivity (Wildman–Crippen MR) is 98.9 cm³/mol. The van der Waals surface area contributed by atoms with Crippen LogP contribution in [0.25, 0.3) is 0 Å². The third kappa shape index (κ3) is 5.35. The molecule has 5 nitrogen and oxygen atoms in total. The molecule has 2 rings (SSSR count). The zero-order valence-corrected chi connectivity index (χ0v) is 14.7. The van der Waals surface area contributed by atoms with Crippen molar-refractivity contribution in [1.29, 1.82) is 0 Å². The van der Waals surface area contributed by atoms with Crippen LogP contribution in [0.15, 0.2) is 60.7 Å². The maximum absolute atomic E-state index is 12.8. The van der Waals surface area contributed by atoms with E-state index < -0.39 is 6.04 Å². The van der Waals surface area contributed by atoms with Gasteiger partial charge < -0.3 is 15.5 Å². The highest BCUT2D eigenvalue weighted by molar-refractivity contribution is 5.88. The quantitative estimate of drug-likeness (QED) is 0.814. The second-order valence-electron chi connectivity index (χ2n) is 5.67. The van der Waals surface area contributed by atoms with Gasteiger partial charge in [-0.15, -0.1) is 0 Å². The SMILES string of the molecule is CCN(CC)C(=O)[C@@H](NC(=O)NCc1ccccc1)c1ccccc1. The molecular formula is C20H25N3O2. The second-order valence-corrected chi connectivity index (χ2v) is 5.67. The Morgan fingerprint density at radius 3 is 2.04 bits per heavy atom. The van der Waals surface area contributed by atoms with Crippen LogP contribution in [-0.4, -0.2) is 29.9 Å². The molecule has 0 unspecified atom stereocenters. The third-order valence-corrected chi connectivity index (χ3v) is 4.03. The number of urea groups is 1. The summed E-state index contributed by atoms with van der Waals surface area (Å²) in [7, 11) is 0. The number of nitrogens with one attached hydrogen (secondary N) is 2. The number of likely N-dealkylation sites (N-methyl/N-ethyl adjacent to an activating group) is 1. The van der Waals surface area contributed by atoms with Crippen LogP contribution >= 0.6 is 0 Å². The fourth-order valence-electron chi connectivity index (χ4n) is 2.61. The summed E-state index contributed by atoms with van der Waals surface area (Å²) in [6, 6.07) is 17.9. The lowest BCUT2D eigenvalue weighted by Crippen LogP contribution is -2.46. The van der Waals surface area contributed by atoms with E-state index in [-0.39, 0.29) is 11.9 Å². The Morgan fingerprint density at radius 1 is 0.920 bits per heavy atom. The molecule has 0 saturated carbocycles. The fraction of sp³-hybridized carbons (Fsp3) is 0.300. The summed E-state index contributed by atoms with van der Waals surface area (Å²) in [5.41, 5.74) is 1.78. The highest BCUT2D eigenvalue weighted by Crippen LogP contribution is 2.16. The van der Waals surface area contributed by atoms with Gasteiger partial charge in [0.25, 0.3) is 0 Å². The van der Waals surface area contributed by atoms with Crippen molar-refractivity contribution >= 4 is 11.9 Å². The van der Waals surface area contributed by atoms with E-state index in [1.165, 1.54) is 0 Å². The lowest BCUT2D eigenvalue weighted by Gasteiger charge is -2.26. The zero-order valence-electron chi connectivity index (χ0n) is 14.7. The van der Waals surface area contributed by atoms with Crippen LogP contribution in [-0.2, 0) is 11.3 Å². The molecule has 0 aliphatic heterocycles. The van der Waals surface area contributed by atoms with Crippen molar-refractivity contribution in [3.8, 4) is 0 Å². The lowest BCUT2D eigenvalue weighted by molar-refractivity contribution is -0.133. The first kappa shape index (κ1) is 18.5. The molecule has 0 aliphatic rings. The van der Waals surface area contributed by atoms with Crippen LogP contribution in [0.2, 0.25) is 0 Å². The monoisotopic (exact) mass is 339 g/mol. The third-order valence-electron chi connectivity index (χ3n) is 4.03. The normalized spacial score (nSPS) is 11.4. The van der Waals surface area contributed by atoms with Gasteiger partial charge in [-0.25, -0.2) is 4.79 Å². The number of benzene rings is 2. The van der Waals surface area contributed by atoms with E-state index in [0.717, 1.165) is 11.1 Å². The molecule has 0 fully saturated rings. The van der Waals surface area contributed by atoms with Crippen molar-refractivity contribution in [2.24, 2.45) is 0 Å². The largest absolute Gasteiger partial charge is 0.341 e. The summed E-state index contributed by atoms with van der Waals surface area (Å²) in [6.07, 6.45) is 0. The summed E-state index contributed by atoms with van der Waals surface area (Å²) in [6.45, 7) is 5.48. The van der Waals surface area contributed by atoms with E-state index in [9.17, 15) is 9.59 Å². The summed E-state index contributed by atoms with van der Waals surface area (Å²) in [5, 5.41) is 5.62. The molecule has 0 bridgehead atoms. The summed E-state index contributed by atoms with van der Waals surface area (Å²) in [4.78, 5) is 26.8. The average molecular weight is 339 g/mol. The Bertz CT molecular complexity index is 670. The summed E-state index contributed by atoms with van der Waals surface area (Å²) in [5.74, 6) is -0.105. The number of rotatable bonds is 7. The number of hydrogen-bond acceptors (Lipinski definition) is 2. The van der Waals surface area contributed by atoms with Gasteiger partial charge in [-0.3, -0.25) is 4.79 Å². The number of carbonyl (C=O) groups excluding carboxylic acids is 2. The first-order chi connectivity index (χ1) is 12.2. The van der Waals surface area contributed by atoms with Crippen molar-refractivity contribution in [1.82, 2.24) is 15.5 Å². The molecule has 25 heavy (non-hydrogen) atoms. The van der Waals surface area contributed by atoms with Gasteiger partial charge in [0, 0.05) is 19.6 Å². The molecule has 5 heteroatoms. The van der Waals surface area contributed by atoms with Gasteiger partial charge in [-0.1, -0.05) is 60.7 Å². The van der Waals surface area contributed by atoms with Crippen molar-refractivity contribution in [3.05, 3.63) is 71.8 Å². The molecule has 2 N–H and O–H groups in total. The van der Waals surface area contributed by atoms with Crippen LogP contribution in [0.4, 0.5) is 4.79 Å². The van der Waals surface area contributed by atoms with Crippen molar-refractivity contribution < 1.29 is 9.59 Å². The Balaban J connectivity index is 2.07. The summed E-state index contributed by atoms with van der Waals surface area (Å²) < 4.78 is 0. The standard InChI is InChI=1S/C20H25N3O2/c1-3-23(4-2)19(24)18(17-13-9-6-10-14-17)22-20(25)21-15-16-11-7-5-8-12-16/h5-14,18H,3-4,15H2,1-2H3,(H2,21,22,25)/t18-/m0/s1. The average Bonchev–Trinajstić information content (AvgIpc) is 2.67. The predicted octanol–water partition coefficient (Wildman–Crippen LogP) is 3.10. The van der Waals surface area contributed by atoms with Gasteiger partial charge in [0.1, 0.15) is 6.04 Å². The molecule has 0 spiro atoms. The Morgan fingerprint density at radius 2 is 1.48 bits per heavy atom. The van der Waals surface area contributed by atoms with Crippen LogP contribution < -0.4 is 10.6 Å². The fourth-order valence-corrected chi connectivity index (χ4v) is 2.61. The lowest BCUT2D eigenvalue weighted by atomic mass is 10.1. The van der Waals surface area contributed by atoms with E-state index in [0.29, 0.717) is 19.6 Å². The Labute approximate surface area is 149 Å². The van der Waals surface area contributed by atoms with Gasteiger partial charge in [-0.2, -0.15) is 0 Å². The minimum absolute atomic E-state index is 0.105. The first-order valence-electron chi connectivity index (χ1n) is 8.57. The van der Waals surface area contributed by atoms with Gasteiger partial charge in [-0.05, 0) is 25.0 Å². The van der Waals surface area contributed by atoms with E-state index >= 15 is 0 Å². The Hall–Kier alpha value is -2.82. The molecule has 2 aromatic carbocycles. The van der Waals surface area contributed by atoms with Gasteiger partial charge in [0.05, 0.1) is 0 Å². The zero-order chi connectivity index (χ0) is 18.1.